The summed E-state index contributed by atoms with van der Waals surface area (Å²) in [6, 6.07) is 0. The second-order valence-corrected chi connectivity index (χ2v) is 21.6. The molecular formula is C77H122O6. The fourth-order valence-corrected chi connectivity index (χ4v) is 8.78. The lowest BCUT2D eigenvalue weighted by atomic mass is 10.0. The highest BCUT2D eigenvalue weighted by Crippen LogP contribution is 2.15. The first-order valence-corrected chi connectivity index (χ1v) is 33.6. The van der Waals surface area contributed by atoms with E-state index in [4.69, 9.17) is 14.2 Å². The molecule has 0 aromatic carbocycles. The Morgan fingerprint density at radius 1 is 0.241 bits per heavy atom. The third kappa shape index (κ3) is 67.4. The van der Waals surface area contributed by atoms with Gasteiger partial charge >= 0.3 is 17.9 Å². The minimum absolute atomic E-state index is 0.102. The maximum absolute atomic E-state index is 13.0. The number of esters is 3. The molecule has 0 aromatic heterocycles. The molecule has 0 bridgehead atoms. The van der Waals surface area contributed by atoms with Crippen molar-refractivity contribution in [2.45, 2.75) is 284 Å². The maximum Gasteiger partial charge on any atom is 0.306 e. The van der Waals surface area contributed by atoms with Gasteiger partial charge in [0.25, 0.3) is 0 Å². The average molecular weight is 1140 g/mol. The highest BCUT2D eigenvalue weighted by atomic mass is 16.6. The van der Waals surface area contributed by atoms with Crippen molar-refractivity contribution in [2.24, 2.45) is 0 Å². The predicted octanol–water partition coefficient (Wildman–Crippen LogP) is 23.4. The van der Waals surface area contributed by atoms with Crippen molar-refractivity contribution < 1.29 is 28.6 Å². The highest BCUT2D eigenvalue weighted by molar-refractivity contribution is 5.71. The third-order valence-corrected chi connectivity index (χ3v) is 13.7. The number of carbonyl (C=O) groups is 3. The lowest BCUT2D eigenvalue weighted by Crippen LogP contribution is -2.30. The minimum Gasteiger partial charge on any atom is -0.462 e. The molecule has 0 amide bonds. The summed E-state index contributed by atoms with van der Waals surface area (Å²) in [6.07, 6.45) is 102. The van der Waals surface area contributed by atoms with Crippen molar-refractivity contribution >= 4 is 17.9 Å². The van der Waals surface area contributed by atoms with E-state index in [1.165, 1.54) is 51.4 Å². The van der Waals surface area contributed by atoms with Gasteiger partial charge in [0.2, 0.25) is 0 Å². The van der Waals surface area contributed by atoms with Crippen molar-refractivity contribution in [1.29, 1.82) is 0 Å². The smallest absolute Gasteiger partial charge is 0.306 e. The predicted molar refractivity (Wildman–Crippen MR) is 361 cm³/mol. The van der Waals surface area contributed by atoms with Crippen molar-refractivity contribution in [3.05, 3.63) is 170 Å². The number of rotatable bonds is 59. The molecule has 0 radical (unpaired) electrons. The van der Waals surface area contributed by atoms with Gasteiger partial charge in [-0.05, 0) is 148 Å². The van der Waals surface area contributed by atoms with E-state index >= 15 is 0 Å². The van der Waals surface area contributed by atoms with E-state index in [9.17, 15) is 14.4 Å². The molecule has 0 saturated carbocycles. The van der Waals surface area contributed by atoms with E-state index < -0.39 is 6.10 Å². The van der Waals surface area contributed by atoms with Crippen molar-refractivity contribution in [3.63, 3.8) is 0 Å². The molecule has 1 unspecified atom stereocenters. The minimum atomic E-state index is -0.807. The van der Waals surface area contributed by atoms with Crippen LogP contribution in [0.2, 0.25) is 0 Å². The van der Waals surface area contributed by atoms with E-state index in [0.29, 0.717) is 19.3 Å². The summed E-state index contributed by atoms with van der Waals surface area (Å²) < 4.78 is 16.9. The molecule has 83 heavy (non-hydrogen) atoms. The van der Waals surface area contributed by atoms with Crippen molar-refractivity contribution in [1.82, 2.24) is 0 Å². The van der Waals surface area contributed by atoms with Crippen LogP contribution >= 0.6 is 0 Å². The van der Waals surface area contributed by atoms with Gasteiger partial charge in [0.1, 0.15) is 13.2 Å². The Morgan fingerprint density at radius 3 is 0.675 bits per heavy atom. The van der Waals surface area contributed by atoms with Gasteiger partial charge in [0.05, 0.1) is 0 Å². The Morgan fingerprint density at radius 2 is 0.434 bits per heavy atom. The number of unbranched alkanes of at least 4 members (excludes halogenated alkanes) is 20. The summed E-state index contributed by atoms with van der Waals surface area (Å²) in [5.74, 6) is -0.942. The molecule has 0 spiro atoms. The van der Waals surface area contributed by atoms with Crippen molar-refractivity contribution in [3.8, 4) is 0 Å². The SMILES string of the molecule is CC/C=C\C/C=C\C/C=C\C/C=C\C/C=C\C/C=C\C/C=C\CCCCCCCC(=O)OCC(COC(=O)CCCCCCC/C=C\C/C=C\C/C=C\CC)OC(=O)CCCCCCCCCCCC/C=C\C/C=C\C/C=C\C/C=C\CC. The molecule has 0 aromatic rings. The topological polar surface area (TPSA) is 78.9 Å². The molecule has 0 N–H and O–H groups in total. The monoisotopic (exact) mass is 1140 g/mol. The molecule has 6 nitrogen and oxygen atoms in total. The number of carbonyl (C=O) groups excluding carboxylic acids is 3. The zero-order chi connectivity index (χ0) is 59.9. The Hall–Kier alpha value is -5.23. The molecule has 0 heterocycles. The summed E-state index contributed by atoms with van der Waals surface area (Å²) in [6.45, 7) is 6.27. The first-order valence-electron chi connectivity index (χ1n) is 33.6. The molecule has 0 rings (SSSR count). The first kappa shape index (κ1) is 77.8. The standard InChI is InChI=1S/C77H122O6/c1-4-7-10-13-16-19-22-25-28-30-32-34-36-37-38-39-41-42-44-46-49-52-55-58-61-64-67-70-76(79)82-73-74(72-81-75(78)69-66-63-60-57-54-51-48-27-24-21-18-15-12-9-6-3)83-77(80)71-68-65-62-59-56-53-50-47-45-43-40-35-33-31-29-26-23-20-17-14-11-8-5-2/h7-12,16-21,25-29,32-35,37-38,41-42,46,48-49,74H,4-6,13-15,22-24,30-31,36,39-40,43-45,47,50-73H2,1-3H3/b10-7-,11-8-,12-9-,19-16-,20-17-,21-18-,28-25-,29-26-,34-32-,35-33-,38-37-,42-41-,48-27-,49-46-. The molecule has 0 fully saturated rings. The largest absolute Gasteiger partial charge is 0.462 e. The summed E-state index contributed by atoms with van der Waals surface area (Å²) in [5.41, 5.74) is 0. The molecular weight excluding hydrogens is 1020 g/mol. The number of hydrogen-bond donors (Lipinski definition) is 0. The van der Waals surface area contributed by atoms with Crippen LogP contribution in [-0.4, -0.2) is 37.2 Å². The molecule has 466 valence electrons. The Bertz CT molecular complexity index is 1890. The second-order valence-electron chi connectivity index (χ2n) is 21.6. The number of allylic oxidation sites excluding steroid dienone is 28. The molecule has 6 heteroatoms. The Kier molecular flexibility index (Phi) is 64.9. The van der Waals surface area contributed by atoms with Crippen LogP contribution in [0.3, 0.4) is 0 Å². The van der Waals surface area contributed by atoms with Gasteiger partial charge < -0.3 is 14.2 Å². The molecule has 0 aliphatic carbocycles. The second kappa shape index (κ2) is 69.3. The Balaban J connectivity index is 4.45. The lowest BCUT2D eigenvalue weighted by Gasteiger charge is -2.18. The van der Waals surface area contributed by atoms with Crippen molar-refractivity contribution in [2.75, 3.05) is 13.2 Å². The normalized spacial score (nSPS) is 13.2. The van der Waals surface area contributed by atoms with Gasteiger partial charge in [0.15, 0.2) is 6.10 Å². The number of ether oxygens (including phenoxy) is 3. The van der Waals surface area contributed by atoms with Gasteiger partial charge in [0, 0.05) is 19.3 Å². The summed E-state index contributed by atoms with van der Waals surface area (Å²) >= 11 is 0. The van der Waals surface area contributed by atoms with Gasteiger partial charge in [-0.25, -0.2) is 0 Å². The van der Waals surface area contributed by atoms with Crippen LogP contribution in [0, 0.1) is 0 Å². The van der Waals surface area contributed by atoms with Crippen LogP contribution in [0.4, 0.5) is 0 Å². The third-order valence-electron chi connectivity index (χ3n) is 13.7. The maximum atomic E-state index is 13.0. The summed E-state index contributed by atoms with van der Waals surface area (Å²) in [5, 5.41) is 0. The molecule has 0 saturated heterocycles. The molecule has 1 atom stereocenters. The first-order chi connectivity index (χ1) is 41.0. The van der Waals surface area contributed by atoms with Crippen LogP contribution in [0.5, 0.6) is 0 Å². The molecule has 0 aliphatic rings. The van der Waals surface area contributed by atoms with Crippen LogP contribution in [0.1, 0.15) is 278 Å². The average Bonchev–Trinajstić information content (AvgIpc) is 3.49. The highest BCUT2D eigenvalue weighted by Gasteiger charge is 2.19. The summed E-state index contributed by atoms with van der Waals surface area (Å²) in [4.78, 5) is 38.4. The van der Waals surface area contributed by atoms with Gasteiger partial charge in [-0.1, -0.05) is 281 Å². The van der Waals surface area contributed by atoms with Crippen LogP contribution in [0.25, 0.3) is 0 Å². The fraction of sp³-hybridized carbons (Fsp3) is 0.597. The van der Waals surface area contributed by atoms with E-state index in [-0.39, 0.29) is 31.1 Å². The van der Waals surface area contributed by atoms with Gasteiger partial charge in [-0.3, -0.25) is 14.4 Å². The van der Waals surface area contributed by atoms with E-state index in [1.807, 2.05) is 0 Å². The lowest BCUT2D eigenvalue weighted by molar-refractivity contribution is -0.167. The van der Waals surface area contributed by atoms with Gasteiger partial charge in [-0.15, -0.1) is 0 Å². The zero-order valence-corrected chi connectivity index (χ0v) is 53.4. The fourth-order valence-electron chi connectivity index (χ4n) is 8.78. The van der Waals surface area contributed by atoms with Crippen LogP contribution < -0.4 is 0 Å². The molecule has 0 aliphatic heterocycles. The van der Waals surface area contributed by atoms with Gasteiger partial charge in [-0.2, -0.15) is 0 Å². The Labute approximate surface area is 511 Å². The quantitative estimate of drug-likeness (QED) is 0.0261. The van der Waals surface area contributed by atoms with Crippen LogP contribution in [-0.2, 0) is 28.6 Å². The summed E-state index contributed by atoms with van der Waals surface area (Å²) in [7, 11) is 0. The van der Waals surface area contributed by atoms with E-state index in [0.717, 1.165) is 186 Å². The van der Waals surface area contributed by atoms with E-state index in [1.54, 1.807) is 0 Å². The van der Waals surface area contributed by atoms with E-state index in [2.05, 4.69) is 191 Å². The van der Waals surface area contributed by atoms with Crippen LogP contribution in [0.15, 0.2) is 170 Å². The zero-order valence-electron chi connectivity index (χ0n) is 53.4. The number of hydrogen-bond acceptors (Lipinski definition) is 6.